The van der Waals surface area contributed by atoms with E-state index in [4.69, 9.17) is 11.6 Å². The third-order valence-corrected chi connectivity index (χ3v) is 8.08. The Morgan fingerprint density at radius 3 is 2.26 bits per heavy atom. The van der Waals surface area contributed by atoms with E-state index in [-0.39, 0.29) is 25.1 Å². The van der Waals surface area contributed by atoms with Crippen molar-refractivity contribution in [3.05, 3.63) is 93.7 Å². The fourth-order valence-corrected chi connectivity index (χ4v) is 5.48. The molecule has 0 radical (unpaired) electrons. The topological polar surface area (TPSA) is 119 Å². The number of hydrogen-bond donors (Lipinski definition) is 1. The SMILES string of the molecule is O=C(O)C(CCn1nnc2ccccc2c1=O)S(=O)(=O)CCc1ccc(-c2ccc(Cl)cc2)cc1. The van der Waals surface area contributed by atoms with Crippen LogP contribution >= 0.6 is 11.6 Å². The quantitative estimate of drug-likeness (QED) is 0.364. The Bertz CT molecular complexity index is 1520. The highest BCUT2D eigenvalue weighted by molar-refractivity contribution is 7.92. The molecular weight excluding hydrogens is 490 g/mol. The van der Waals surface area contributed by atoms with Crippen molar-refractivity contribution in [1.29, 1.82) is 0 Å². The van der Waals surface area contributed by atoms with Gasteiger partial charge in [0.25, 0.3) is 5.56 Å². The minimum atomic E-state index is -3.99. The molecule has 0 saturated carbocycles. The van der Waals surface area contributed by atoms with E-state index in [2.05, 4.69) is 10.3 Å². The molecule has 1 unspecified atom stereocenters. The summed E-state index contributed by atoms with van der Waals surface area (Å²) in [6.45, 7) is -0.178. The van der Waals surface area contributed by atoms with Crippen LogP contribution in [0.5, 0.6) is 0 Å². The molecule has 0 fully saturated rings. The van der Waals surface area contributed by atoms with E-state index in [1.807, 2.05) is 36.4 Å². The smallest absolute Gasteiger partial charge is 0.321 e. The molecule has 0 amide bonds. The fourth-order valence-electron chi connectivity index (χ4n) is 3.77. The Balaban J connectivity index is 1.43. The third-order valence-electron chi connectivity index (χ3n) is 5.75. The molecule has 0 aliphatic heterocycles. The summed E-state index contributed by atoms with van der Waals surface area (Å²) < 4.78 is 26.7. The number of sulfone groups is 1. The summed E-state index contributed by atoms with van der Waals surface area (Å²) in [4.78, 5) is 24.4. The normalized spacial score (nSPS) is 12.5. The van der Waals surface area contributed by atoms with Gasteiger partial charge < -0.3 is 5.11 Å². The number of carboxylic acids is 1. The van der Waals surface area contributed by atoms with Crippen LogP contribution in [0.15, 0.2) is 77.6 Å². The highest BCUT2D eigenvalue weighted by Gasteiger charge is 2.32. The number of carboxylic acid groups (broad SMARTS) is 1. The first-order valence-electron chi connectivity index (χ1n) is 10.9. The van der Waals surface area contributed by atoms with Gasteiger partial charge in [0.05, 0.1) is 11.1 Å². The van der Waals surface area contributed by atoms with Gasteiger partial charge in [0.1, 0.15) is 5.52 Å². The van der Waals surface area contributed by atoms with Crippen molar-refractivity contribution in [2.45, 2.75) is 24.6 Å². The first-order valence-corrected chi connectivity index (χ1v) is 13.0. The molecule has 1 atom stereocenters. The number of aryl methyl sites for hydroxylation is 2. The Hall–Kier alpha value is -3.56. The fraction of sp³-hybridized carbons (Fsp3) is 0.200. The maximum Gasteiger partial charge on any atom is 0.321 e. The van der Waals surface area contributed by atoms with Crippen LogP contribution in [0.3, 0.4) is 0 Å². The predicted octanol–water partition coefficient (Wildman–Crippen LogP) is 3.61. The molecule has 35 heavy (non-hydrogen) atoms. The number of aliphatic carboxylic acids is 1. The average molecular weight is 512 g/mol. The van der Waals surface area contributed by atoms with Crippen molar-refractivity contribution in [1.82, 2.24) is 15.0 Å². The molecule has 0 aliphatic rings. The highest BCUT2D eigenvalue weighted by atomic mass is 35.5. The van der Waals surface area contributed by atoms with Gasteiger partial charge in [0, 0.05) is 11.6 Å². The second kappa shape index (κ2) is 10.4. The number of carbonyl (C=O) groups is 1. The Morgan fingerprint density at radius 1 is 0.971 bits per heavy atom. The molecule has 0 spiro atoms. The molecule has 0 bridgehead atoms. The lowest BCUT2D eigenvalue weighted by atomic mass is 10.0. The second-order valence-electron chi connectivity index (χ2n) is 8.07. The first-order chi connectivity index (χ1) is 16.7. The number of nitrogens with zero attached hydrogens (tertiary/aromatic N) is 3. The molecule has 1 N–H and O–H groups in total. The first kappa shape index (κ1) is 24.6. The number of halogens is 1. The summed E-state index contributed by atoms with van der Waals surface area (Å²) in [7, 11) is -3.99. The summed E-state index contributed by atoms with van der Waals surface area (Å²) in [5.41, 5.74) is 2.67. The number of aromatic nitrogens is 3. The number of hydrogen-bond acceptors (Lipinski definition) is 6. The third kappa shape index (κ3) is 5.75. The zero-order chi connectivity index (χ0) is 25.0. The van der Waals surface area contributed by atoms with E-state index in [0.717, 1.165) is 21.4 Å². The molecule has 0 aliphatic carbocycles. The molecule has 10 heteroatoms. The Kier molecular flexibility index (Phi) is 7.28. The van der Waals surface area contributed by atoms with E-state index in [1.165, 1.54) is 0 Å². The van der Waals surface area contributed by atoms with Crippen molar-refractivity contribution in [3.8, 4) is 11.1 Å². The second-order valence-corrected chi connectivity index (χ2v) is 10.8. The van der Waals surface area contributed by atoms with E-state index in [0.29, 0.717) is 15.9 Å². The van der Waals surface area contributed by atoms with Crippen molar-refractivity contribution >= 4 is 38.3 Å². The van der Waals surface area contributed by atoms with Crippen LogP contribution in [0.25, 0.3) is 22.0 Å². The van der Waals surface area contributed by atoms with Gasteiger partial charge >= 0.3 is 5.97 Å². The zero-order valence-electron chi connectivity index (χ0n) is 18.5. The summed E-state index contributed by atoms with van der Waals surface area (Å²) in [5, 5.41) is 16.7. The van der Waals surface area contributed by atoms with Gasteiger partial charge in [0.2, 0.25) is 0 Å². The van der Waals surface area contributed by atoms with Crippen molar-refractivity contribution in [2.24, 2.45) is 0 Å². The zero-order valence-corrected chi connectivity index (χ0v) is 20.1. The summed E-state index contributed by atoms with van der Waals surface area (Å²) in [5.74, 6) is -1.78. The lowest BCUT2D eigenvalue weighted by Crippen LogP contribution is -2.35. The van der Waals surface area contributed by atoms with Crippen molar-refractivity contribution < 1.29 is 18.3 Å². The molecular formula is C25H22ClN3O5S. The lowest BCUT2D eigenvalue weighted by Gasteiger charge is -2.14. The van der Waals surface area contributed by atoms with Gasteiger partial charge in [-0.2, -0.15) is 0 Å². The minimum Gasteiger partial charge on any atom is -0.480 e. The summed E-state index contributed by atoms with van der Waals surface area (Å²) in [6, 6.07) is 21.4. The number of fused-ring (bicyclic) bond motifs is 1. The van der Waals surface area contributed by atoms with Gasteiger partial charge in [-0.15, -0.1) is 5.10 Å². The van der Waals surface area contributed by atoms with Crippen LogP contribution in [0.1, 0.15) is 12.0 Å². The highest BCUT2D eigenvalue weighted by Crippen LogP contribution is 2.22. The van der Waals surface area contributed by atoms with Crippen LogP contribution in [0, 0.1) is 0 Å². The molecule has 8 nitrogen and oxygen atoms in total. The summed E-state index contributed by atoms with van der Waals surface area (Å²) in [6.07, 6.45) is -0.122. The number of rotatable bonds is 9. The van der Waals surface area contributed by atoms with Gasteiger partial charge in [-0.3, -0.25) is 9.59 Å². The van der Waals surface area contributed by atoms with Gasteiger partial charge in [-0.05, 0) is 53.8 Å². The van der Waals surface area contributed by atoms with Crippen LogP contribution < -0.4 is 5.56 Å². The molecule has 4 rings (SSSR count). The Labute approximate surface area is 206 Å². The largest absolute Gasteiger partial charge is 0.480 e. The maximum atomic E-state index is 12.9. The Morgan fingerprint density at radius 2 is 1.60 bits per heavy atom. The molecule has 4 aromatic rings. The average Bonchev–Trinajstić information content (AvgIpc) is 2.85. The van der Waals surface area contributed by atoms with Crippen molar-refractivity contribution in [3.63, 3.8) is 0 Å². The van der Waals surface area contributed by atoms with Crippen molar-refractivity contribution in [2.75, 3.05) is 5.75 Å². The maximum absolute atomic E-state index is 12.9. The van der Waals surface area contributed by atoms with E-state index in [9.17, 15) is 23.1 Å². The standard InChI is InChI=1S/C25H22ClN3O5S/c26-20-11-9-19(10-12-20)18-7-5-17(6-8-18)14-16-35(33,34)23(25(31)32)13-15-29-24(30)21-3-1-2-4-22(21)27-28-29/h1-12,23H,13-16H2,(H,31,32). The molecule has 0 saturated heterocycles. The van der Waals surface area contributed by atoms with Crippen LogP contribution in [0.4, 0.5) is 0 Å². The van der Waals surface area contributed by atoms with Crippen LogP contribution in [-0.4, -0.2) is 45.5 Å². The van der Waals surface area contributed by atoms with Gasteiger partial charge in [-0.1, -0.05) is 65.3 Å². The molecule has 1 heterocycles. The van der Waals surface area contributed by atoms with Crippen LogP contribution in [0.2, 0.25) is 5.02 Å². The van der Waals surface area contributed by atoms with Gasteiger partial charge in [0.15, 0.2) is 15.1 Å². The summed E-state index contributed by atoms with van der Waals surface area (Å²) >= 11 is 5.92. The monoisotopic (exact) mass is 511 g/mol. The predicted molar refractivity (Wildman–Crippen MR) is 134 cm³/mol. The molecule has 3 aromatic carbocycles. The van der Waals surface area contributed by atoms with Crippen LogP contribution in [-0.2, 0) is 27.6 Å². The van der Waals surface area contributed by atoms with E-state index in [1.54, 1.807) is 36.4 Å². The number of benzene rings is 3. The minimum absolute atomic E-state index is 0.169. The van der Waals surface area contributed by atoms with E-state index < -0.39 is 26.6 Å². The molecule has 180 valence electrons. The van der Waals surface area contributed by atoms with E-state index >= 15 is 0 Å². The van der Waals surface area contributed by atoms with Gasteiger partial charge in [-0.25, -0.2) is 13.1 Å². The molecule has 1 aromatic heterocycles. The lowest BCUT2D eigenvalue weighted by molar-refractivity contribution is -0.136.